The van der Waals surface area contributed by atoms with E-state index < -0.39 is 12.0 Å². The van der Waals surface area contributed by atoms with E-state index in [1.807, 2.05) is 0 Å². The smallest absolute Gasteiger partial charge is 0.220 e. The van der Waals surface area contributed by atoms with Crippen molar-refractivity contribution in [3.05, 3.63) is 23.8 Å². The molecule has 1 rings (SSSR count). The van der Waals surface area contributed by atoms with Crippen LogP contribution in [0.3, 0.4) is 0 Å². The molecule has 1 atom stereocenters. The molecule has 4 N–H and O–H groups in total. The molecule has 5 heteroatoms. The molecule has 82 valence electrons. The SMILES string of the molecule is COc1cc(C(O)CC(N)=O)ccc1O. The number of aliphatic hydroxyl groups excluding tert-OH is 1. The summed E-state index contributed by atoms with van der Waals surface area (Å²) in [4.78, 5) is 10.6. The summed E-state index contributed by atoms with van der Waals surface area (Å²) >= 11 is 0. The molecule has 1 aromatic carbocycles. The maximum absolute atomic E-state index is 10.6. The summed E-state index contributed by atoms with van der Waals surface area (Å²) in [6.07, 6.45) is -1.13. The number of benzene rings is 1. The molecule has 5 nitrogen and oxygen atoms in total. The molecule has 0 saturated carbocycles. The quantitative estimate of drug-likeness (QED) is 0.668. The van der Waals surface area contributed by atoms with Gasteiger partial charge in [0.1, 0.15) is 0 Å². The van der Waals surface area contributed by atoms with Crippen LogP contribution in [0.25, 0.3) is 0 Å². The molecule has 0 spiro atoms. The van der Waals surface area contributed by atoms with Crippen LogP contribution < -0.4 is 10.5 Å². The zero-order chi connectivity index (χ0) is 11.4. The molecule has 1 amide bonds. The minimum Gasteiger partial charge on any atom is -0.504 e. The number of carbonyl (C=O) groups excluding carboxylic acids is 1. The zero-order valence-electron chi connectivity index (χ0n) is 8.30. The maximum atomic E-state index is 10.6. The third-order valence-electron chi connectivity index (χ3n) is 1.98. The Balaban J connectivity index is 2.90. The highest BCUT2D eigenvalue weighted by Crippen LogP contribution is 2.29. The molecule has 0 aliphatic heterocycles. The van der Waals surface area contributed by atoms with Gasteiger partial charge in [0, 0.05) is 0 Å². The van der Waals surface area contributed by atoms with Crippen molar-refractivity contribution >= 4 is 5.91 Å². The Bertz CT molecular complexity index is 364. The van der Waals surface area contributed by atoms with Gasteiger partial charge in [-0.1, -0.05) is 6.07 Å². The van der Waals surface area contributed by atoms with Crippen LogP contribution in [0, 0.1) is 0 Å². The molecule has 15 heavy (non-hydrogen) atoms. The van der Waals surface area contributed by atoms with Crippen LogP contribution in [0.5, 0.6) is 11.5 Å². The Morgan fingerprint density at radius 3 is 2.80 bits per heavy atom. The Kier molecular flexibility index (Phi) is 3.51. The molecule has 0 aliphatic carbocycles. The van der Waals surface area contributed by atoms with Crippen molar-refractivity contribution in [1.29, 1.82) is 0 Å². The monoisotopic (exact) mass is 211 g/mol. The molecule has 0 fully saturated rings. The number of phenolic OH excluding ortho intramolecular Hbond substituents is 1. The van der Waals surface area contributed by atoms with Crippen LogP contribution in [-0.2, 0) is 4.79 Å². The van der Waals surface area contributed by atoms with Crippen molar-refractivity contribution in [1.82, 2.24) is 0 Å². The van der Waals surface area contributed by atoms with Gasteiger partial charge in [0.2, 0.25) is 5.91 Å². The van der Waals surface area contributed by atoms with Gasteiger partial charge in [-0.25, -0.2) is 0 Å². The minimum atomic E-state index is -0.975. The van der Waals surface area contributed by atoms with Crippen LogP contribution in [-0.4, -0.2) is 23.2 Å². The summed E-state index contributed by atoms with van der Waals surface area (Å²) in [6, 6.07) is 4.35. The third-order valence-corrected chi connectivity index (χ3v) is 1.98. The summed E-state index contributed by atoms with van der Waals surface area (Å²) < 4.78 is 4.86. The van der Waals surface area contributed by atoms with Crippen LogP contribution >= 0.6 is 0 Å². The number of ether oxygens (including phenoxy) is 1. The molecular formula is C10H13NO4. The van der Waals surface area contributed by atoms with Crippen LogP contribution in [0.2, 0.25) is 0 Å². The fraction of sp³-hybridized carbons (Fsp3) is 0.300. The molecular weight excluding hydrogens is 198 g/mol. The highest BCUT2D eigenvalue weighted by atomic mass is 16.5. The van der Waals surface area contributed by atoms with Gasteiger partial charge in [0.15, 0.2) is 11.5 Å². The highest BCUT2D eigenvalue weighted by Gasteiger charge is 2.12. The fourth-order valence-electron chi connectivity index (χ4n) is 1.21. The molecule has 0 bridgehead atoms. The maximum Gasteiger partial charge on any atom is 0.220 e. The second kappa shape index (κ2) is 4.65. The number of rotatable bonds is 4. The molecule has 1 aromatic rings. The largest absolute Gasteiger partial charge is 0.504 e. The minimum absolute atomic E-state index is 0.0208. The first kappa shape index (κ1) is 11.3. The lowest BCUT2D eigenvalue weighted by Crippen LogP contribution is -2.15. The van der Waals surface area contributed by atoms with Crippen molar-refractivity contribution in [2.24, 2.45) is 5.73 Å². The molecule has 0 saturated heterocycles. The van der Waals surface area contributed by atoms with Crippen molar-refractivity contribution in [3.63, 3.8) is 0 Å². The first-order valence-electron chi connectivity index (χ1n) is 4.38. The van der Waals surface area contributed by atoms with Gasteiger partial charge in [-0.05, 0) is 17.7 Å². The van der Waals surface area contributed by atoms with Crippen LogP contribution in [0.1, 0.15) is 18.1 Å². The first-order chi connectivity index (χ1) is 7.04. The normalized spacial score (nSPS) is 12.1. The number of methoxy groups -OCH3 is 1. The van der Waals surface area contributed by atoms with Gasteiger partial charge in [0.05, 0.1) is 19.6 Å². The van der Waals surface area contributed by atoms with Gasteiger partial charge in [-0.2, -0.15) is 0 Å². The van der Waals surface area contributed by atoms with E-state index in [4.69, 9.17) is 10.5 Å². The van der Waals surface area contributed by atoms with Crippen molar-refractivity contribution < 1.29 is 19.7 Å². The van der Waals surface area contributed by atoms with Gasteiger partial charge in [-0.3, -0.25) is 4.79 Å². The summed E-state index contributed by atoms with van der Waals surface area (Å²) in [5.41, 5.74) is 5.43. The number of hydrogen-bond donors (Lipinski definition) is 3. The summed E-state index contributed by atoms with van der Waals surface area (Å²) in [7, 11) is 1.40. The number of nitrogens with two attached hydrogens (primary N) is 1. The lowest BCUT2D eigenvalue weighted by Gasteiger charge is -2.11. The number of aromatic hydroxyl groups is 1. The molecule has 1 unspecified atom stereocenters. The number of aliphatic hydroxyl groups is 1. The molecule has 0 aromatic heterocycles. The fourth-order valence-corrected chi connectivity index (χ4v) is 1.21. The number of primary amides is 1. The van der Waals surface area contributed by atoms with Gasteiger partial charge < -0.3 is 20.7 Å². The van der Waals surface area contributed by atoms with Gasteiger partial charge in [-0.15, -0.1) is 0 Å². The Morgan fingerprint density at radius 2 is 2.27 bits per heavy atom. The van der Waals surface area contributed by atoms with Gasteiger partial charge in [0.25, 0.3) is 0 Å². The van der Waals surface area contributed by atoms with Crippen LogP contribution in [0.4, 0.5) is 0 Å². The van der Waals surface area contributed by atoms with E-state index in [1.54, 1.807) is 0 Å². The second-order valence-electron chi connectivity index (χ2n) is 3.12. The van der Waals surface area contributed by atoms with Crippen molar-refractivity contribution in [2.75, 3.05) is 7.11 Å². The zero-order valence-corrected chi connectivity index (χ0v) is 8.30. The second-order valence-corrected chi connectivity index (χ2v) is 3.12. The lowest BCUT2D eigenvalue weighted by molar-refractivity contribution is -0.119. The predicted octanol–water partition coefficient (Wildman–Crippen LogP) is 0.310. The van der Waals surface area contributed by atoms with E-state index in [-0.39, 0.29) is 17.9 Å². The summed E-state index contributed by atoms with van der Waals surface area (Å²) in [6.45, 7) is 0. The third kappa shape index (κ3) is 2.85. The number of carbonyl (C=O) groups is 1. The van der Waals surface area contributed by atoms with E-state index in [2.05, 4.69) is 0 Å². The Morgan fingerprint density at radius 1 is 1.60 bits per heavy atom. The average molecular weight is 211 g/mol. The topological polar surface area (TPSA) is 92.8 Å². The number of amides is 1. The van der Waals surface area contributed by atoms with E-state index in [9.17, 15) is 15.0 Å². The number of phenols is 1. The van der Waals surface area contributed by atoms with Gasteiger partial charge >= 0.3 is 0 Å². The highest BCUT2D eigenvalue weighted by molar-refractivity contribution is 5.74. The Hall–Kier alpha value is -1.75. The molecule has 0 radical (unpaired) electrons. The standard InChI is InChI=1S/C10H13NO4/c1-15-9-4-6(2-3-7(9)12)8(13)5-10(11)14/h2-4,8,12-13H,5H2,1H3,(H2,11,14). The predicted molar refractivity (Wildman–Crippen MR) is 53.4 cm³/mol. The van der Waals surface area contributed by atoms with E-state index in [0.29, 0.717) is 5.56 Å². The molecule has 0 aliphatic rings. The van der Waals surface area contributed by atoms with Crippen LogP contribution in [0.15, 0.2) is 18.2 Å². The lowest BCUT2D eigenvalue weighted by atomic mass is 10.1. The number of hydrogen-bond acceptors (Lipinski definition) is 4. The Labute approximate surface area is 87.1 Å². The van der Waals surface area contributed by atoms with E-state index in [1.165, 1.54) is 25.3 Å². The van der Waals surface area contributed by atoms with E-state index >= 15 is 0 Å². The first-order valence-corrected chi connectivity index (χ1v) is 4.38. The summed E-state index contributed by atoms with van der Waals surface area (Å²) in [5, 5.41) is 18.9. The molecule has 0 heterocycles. The van der Waals surface area contributed by atoms with Crippen molar-refractivity contribution in [3.8, 4) is 11.5 Å². The summed E-state index contributed by atoms with van der Waals surface area (Å²) in [5.74, 6) is -0.363. The van der Waals surface area contributed by atoms with Crippen molar-refractivity contribution in [2.45, 2.75) is 12.5 Å². The average Bonchev–Trinajstić information content (AvgIpc) is 2.17. The van der Waals surface area contributed by atoms with E-state index in [0.717, 1.165) is 0 Å².